The Morgan fingerprint density at radius 1 is 1.09 bits per heavy atom. The van der Waals surface area contributed by atoms with Gasteiger partial charge >= 0.3 is 6.03 Å². The van der Waals surface area contributed by atoms with Gasteiger partial charge in [0.2, 0.25) is 0 Å². The van der Waals surface area contributed by atoms with Gasteiger partial charge in [-0.15, -0.1) is 0 Å². The zero-order valence-corrected chi connectivity index (χ0v) is 18.7. The van der Waals surface area contributed by atoms with Crippen LogP contribution in [0.5, 0.6) is 11.5 Å². The van der Waals surface area contributed by atoms with Crippen LogP contribution in [0.1, 0.15) is 0 Å². The van der Waals surface area contributed by atoms with Gasteiger partial charge in [0.25, 0.3) is 5.69 Å². The van der Waals surface area contributed by atoms with Gasteiger partial charge in [0.1, 0.15) is 17.8 Å². The van der Waals surface area contributed by atoms with Crippen molar-refractivity contribution in [3.8, 4) is 11.5 Å². The summed E-state index contributed by atoms with van der Waals surface area (Å²) in [4.78, 5) is 35.8. The fraction of sp³-hybridized carbons (Fsp3) is 0.286. The van der Waals surface area contributed by atoms with Gasteiger partial charge in [-0.1, -0.05) is 11.6 Å². The molecule has 0 atom stereocenters. The van der Waals surface area contributed by atoms with Gasteiger partial charge in [-0.05, 0) is 18.2 Å². The van der Waals surface area contributed by atoms with Gasteiger partial charge in [0, 0.05) is 48.7 Å². The smallest absolute Gasteiger partial charge is 0.322 e. The fourth-order valence-electron chi connectivity index (χ4n) is 3.70. The highest BCUT2D eigenvalue weighted by Crippen LogP contribution is 2.35. The molecule has 0 unspecified atom stereocenters. The first-order valence-electron chi connectivity index (χ1n) is 10.0. The Hall–Kier alpha value is -3.86. The third kappa shape index (κ3) is 4.53. The molecule has 1 aromatic heterocycles. The van der Waals surface area contributed by atoms with Gasteiger partial charge in [0.15, 0.2) is 11.5 Å². The summed E-state index contributed by atoms with van der Waals surface area (Å²) < 4.78 is 10.8. The Morgan fingerprint density at radius 2 is 1.79 bits per heavy atom. The minimum absolute atomic E-state index is 0.0969. The summed E-state index contributed by atoms with van der Waals surface area (Å²) in [6.07, 6.45) is 1.49. The van der Waals surface area contributed by atoms with Crippen molar-refractivity contribution in [1.82, 2.24) is 14.9 Å². The van der Waals surface area contributed by atoms with Crippen LogP contribution in [0.2, 0.25) is 5.02 Å². The molecule has 0 bridgehead atoms. The van der Waals surface area contributed by atoms with Crippen molar-refractivity contribution in [2.24, 2.45) is 0 Å². The molecule has 12 heteroatoms. The van der Waals surface area contributed by atoms with E-state index in [9.17, 15) is 14.9 Å². The van der Waals surface area contributed by atoms with Crippen LogP contribution in [-0.4, -0.2) is 66.2 Å². The number of fused-ring (bicyclic) bond motifs is 1. The highest BCUT2D eigenvalue weighted by Gasteiger charge is 2.25. The van der Waals surface area contributed by atoms with E-state index in [2.05, 4.69) is 20.2 Å². The summed E-state index contributed by atoms with van der Waals surface area (Å²) in [6, 6.07) is 7.33. The molecule has 1 aliphatic heterocycles. The maximum atomic E-state index is 12.7. The number of nitrogens with one attached hydrogen (secondary N) is 1. The number of hydrogen-bond acceptors (Lipinski definition) is 8. The molecule has 0 saturated carbocycles. The van der Waals surface area contributed by atoms with Gasteiger partial charge in [0.05, 0.1) is 24.7 Å². The van der Waals surface area contributed by atoms with Crippen LogP contribution >= 0.6 is 11.6 Å². The summed E-state index contributed by atoms with van der Waals surface area (Å²) in [6.45, 7) is 1.87. The van der Waals surface area contributed by atoms with Crippen molar-refractivity contribution >= 4 is 45.7 Å². The molecule has 2 amide bonds. The molecule has 1 aliphatic rings. The number of nitro benzene ring substituents is 1. The van der Waals surface area contributed by atoms with Gasteiger partial charge in [-0.3, -0.25) is 10.1 Å². The molecule has 2 aromatic carbocycles. The number of urea groups is 1. The number of nitro groups is 1. The van der Waals surface area contributed by atoms with E-state index in [0.717, 1.165) is 11.2 Å². The summed E-state index contributed by atoms with van der Waals surface area (Å²) in [5.41, 5.74) is 0.554. The predicted octanol–water partition coefficient (Wildman–Crippen LogP) is 3.56. The SMILES string of the molecule is COc1cc2ncnc(N3CCN(C(=O)Nc4ccc(Cl)cc4[N+](=O)[O-])CC3)c2cc1OC. The quantitative estimate of drug-likeness (QED) is 0.441. The van der Waals surface area contributed by atoms with Crippen LogP contribution in [0.25, 0.3) is 10.9 Å². The largest absolute Gasteiger partial charge is 0.493 e. The lowest BCUT2D eigenvalue weighted by atomic mass is 10.2. The first kappa shape index (κ1) is 22.3. The number of piperazine rings is 1. The summed E-state index contributed by atoms with van der Waals surface area (Å²) in [5, 5.41) is 14.9. The zero-order valence-electron chi connectivity index (χ0n) is 17.9. The van der Waals surface area contributed by atoms with Crippen LogP contribution in [-0.2, 0) is 0 Å². The highest BCUT2D eigenvalue weighted by atomic mass is 35.5. The van der Waals surface area contributed by atoms with Crippen LogP contribution in [0.3, 0.4) is 0 Å². The Labute approximate surface area is 194 Å². The minimum Gasteiger partial charge on any atom is -0.493 e. The van der Waals surface area contributed by atoms with Gasteiger partial charge < -0.3 is 24.6 Å². The van der Waals surface area contributed by atoms with Crippen molar-refractivity contribution in [3.05, 3.63) is 51.8 Å². The zero-order chi connectivity index (χ0) is 23.5. The van der Waals surface area contributed by atoms with E-state index in [-0.39, 0.29) is 16.4 Å². The molecule has 11 nitrogen and oxygen atoms in total. The number of hydrogen-bond donors (Lipinski definition) is 1. The molecule has 33 heavy (non-hydrogen) atoms. The molecule has 2 heterocycles. The van der Waals surface area contributed by atoms with E-state index >= 15 is 0 Å². The number of nitrogens with zero attached hydrogens (tertiary/aromatic N) is 5. The molecular weight excluding hydrogens is 452 g/mol. The molecule has 1 N–H and O–H groups in total. The Bertz CT molecular complexity index is 1220. The normalized spacial score (nSPS) is 13.7. The van der Waals surface area contributed by atoms with Crippen LogP contribution in [0.15, 0.2) is 36.7 Å². The summed E-state index contributed by atoms with van der Waals surface area (Å²) >= 11 is 5.84. The molecule has 3 aromatic rings. The minimum atomic E-state index is -0.580. The lowest BCUT2D eigenvalue weighted by molar-refractivity contribution is -0.383. The second-order valence-corrected chi connectivity index (χ2v) is 7.68. The van der Waals surface area contributed by atoms with E-state index in [0.29, 0.717) is 43.2 Å². The van der Waals surface area contributed by atoms with E-state index < -0.39 is 11.0 Å². The van der Waals surface area contributed by atoms with Gasteiger partial charge in [-0.2, -0.15) is 0 Å². The van der Waals surface area contributed by atoms with Crippen molar-refractivity contribution in [2.75, 3.05) is 50.6 Å². The molecule has 172 valence electrons. The standard InChI is InChI=1S/C21H21ClN6O5/c1-32-18-10-14-16(11-19(18)33-2)23-12-24-20(14)26-5-7-27(8-6-26)21(29)25-15-4-3-13(22)9-17(15)28(30)31/h3-4,9-12H,5-8H2,1-2H3,(H,25,29). The number of aromatic nitrogens is 2. The molecule has 1 saturated heterocycles. The number of rotatable bonds is 5. The number of benzene rings is 2. The molecule has 4 rings (SSSR count). The van der Waals surface area contributed by atoms with E-state index in [4.69, 9.17) is 21.1 Å². The number of carbonyl (C=O) groups excluding carboxylic acids is 1. The monoisotopic (exact) mass is 472 g/mol. The Kier molecular flexibility index (Phi) is 6.31. The third-order valence-corrected chi connectivity index (χ3v) is 5.62. The first-order chi connectivity index (χ1) is 15.9. The third-order valence-electron chi connectivity index (χ3n) is 5.38. The van der Waals surface area contributed by atoms with E-state index in [1.54, 1.807) is 25.2 Å². The average molecular weight is 473 g/mol. The van der Waals surface area contributed by atoms with E-state index in [1.165, 1.54) is 24.5 Å². The van der Waals surface area contributed by atoms with Crippen LogP contribution in [0, 0.1) is 10.1 Å². The second kappa shape index (κ2) is 9.33. The van der Waals surface area contributed by atoms with Gasteiger partial charge in [-0.25, -0.2) is 14.8 Å². The first-order valence-corrected chi connectivity index (χ1v) is 10.4. The number of ether oxygens (including phenoxy) is 2. The highest BCUT2D eigenvalue weighted by molar-refractivity contribution is 6.31. The molecule has 0 spiro atoms. The number of amides is 2. The lowest BCUT2D eigenvalue weighted by Gasteiger charge is -2.35. The Morgan fingerprint density at radius 3 is 2.45 bits per heavy atom. The maximum absolute atomic E-state index is 12.7. The van der Waals surface area contributed by atoms with E-state index in [1.807, 2.05) is 6.07 Å². The summed E-state index contributed by atoms with van der Waals surface area (Å²) in [5.74, 6) is 1.88. The van der Waals surface area contributed by atoms with Crippen molar-refractivity contribution in [3.63, 3.8) is 0 Å². The molecule has 0 aliphatic carbocycles. The molecular formula is C21H21ClN6O5. The molecule has 1 fully saturated rings. The van der Waals surface area contributed by atoms with Crippen molar-refractivity contribution in [2.45, 2.75) is 0 Å². The second-order valence-electron chi connectivity index (χ2n) is 7.24. The van der Waals surface area contributed by atoms with Crippen LogP contribution < -0.4 is 19.7 Å². The summed E-state index contributed by atoms with van der Waals surface area (Å²) in [7, 11) is 3.13. The average Bonchev–Trinajstić information content (AvgIpc) is 2.83. The maximum Gasteiger partial charge on any atom is 0.322 e. The number of halogens is 1. The number of carbonyl (C=O) groups is 1. The molecule has 0 radical (unpaired) electrons. The fourth-order valence-corrected chi connectivity index (χ4v) is 3.86. The number of anilines is 2. The van der Waals surface area contributed by atoms with Crippen LogP contribution in [0.4, 0.5) is 22.0 Å². The topological polar surface area (TPSA) is 123 Å². The van der Waals surface area contributed by atoms with Crippen molar-refractivity contribution < 1.29 is 19.2 Å². The lowest BCUT2D eigenvalue weighted by Crippen LogP contribution is -2.50. The Balaban J connectivity index is 1.49. The van der Waals surface area contributed by atoms with Crippen molar-refractivity contribution in [1.29, 1.82) is 0 Å². The predicted molar refractivity (Wildman–Crippen MR) is 124 cm³/mol. The number of methoxy groups -OCH3 is 2.